The molecule has 19 heavy (non-hydrogen) atoms. The molecule has 2 atom stereocenters. The lowest BCUT2D eigenvalue weighted by atomic mass is 9.96. The first kappa shape index (κ1) is 16.6. The van der Waals surface area contributed by atoms with Crippen LogP contribution in [0.3, 0.4) is 0 Å². The number of benzene rings is 1. The highest BCUT2D eigenvalue weighted by Gasteiger charge is 2.24. The predicted molar refractivity (Wildman–Crippen MR) is 84.1 cm³/mol. The van der Waals surface area contributed by atoms with E-state index >= 15 is 0 Å². The van der Waals surface area contributed by atoms with Gasteiger partial charge in [0.15, 0.2) is 0 Å². The van der Waals surface area contributed by atoms with Gasteiger partial charge < -0.3 is 10.8 Å². The first-order valence-electron chi connectivity index (χ1n) is 7.00. The second-order valence-corrected chi connectivity index (χ2v) is 5.75. The maximum absolute atomic E-state index is 9.28. The minimum Gasteiger partial charge on any atom is -0.395 e. The summed E-state index contributed by atoms with van der Waals surface area (Å²) in [4.78, 5) is 2.29. The highest BCUT2D eigenvalue weighted by molar-refractivity contribution is 9.10. The zero-order chi connectivity index (χ0) is 14.3. The number of rotatable bonds is 8. The van der Waals surface area contributed by atoms with Gasteiger partial charge in [-0.1, -0.05) is 41.9 Å². The molecule has 0 aliphatic carbocycles. The summed E-state index contributed by atoms with van der Waals surface area (Å²) in [7, 11) is 0. The summed E-state index contributed by atoms with van der Waals surface area (Å²) in [6, 6.07) is 8.54. The number of aliphatic hydroxyl groups is 1. The fourth-order valence-electron chi connectivity index (χ4n) is 2.45. The molecular formula is C15H25BrN2O. The molecule has 0 spiro atoms. The Bertz CT molecular complexity index is 367. The van der Waals surface area contributed by atoms with Crippen LogP contribution in [0.2, 0.25) is 0 Å². The van der Waals surface area contributed by atoms with Gasteiger partial charge >= 0.3 is 0 Å². The maximum Gasteiger partial charge on any atom is 0.0558 e. The highest BCUT2D eigenvalue weighted by atomic mass is 79.9. The lowest BCUT2D eigenvalue weighted by Crippen LogP contribution is -2.42. The molecule has 0 aliphatic heterocycles. The zero-order valence-electron chi connectivity index (χ0n) is 11.8. The highest BCUT2D eigenvalue weighted by Crippen LogP contribution is 2.27. The number of halogens is 1. The van der Waals surface area contributed by atoms with Crippen LogP contribution in [0, 0.1) is 0 Å². The number of nitrogens with zero attached hydrogens (tertiary/aromatic N) is 1. The third-order valence-electron chi connectivity index (χ3n) is 3.36. The third-order valence-corrected chi connectivity index (χ3v) is 3.85. The molecule has 0 saturated heterocycles. The van der Waals surface area contributed by atoms with E-state index in [4.69, 9.17) is 5.73 Å². The molecule has 0 amide bonds. The van der Waals surface area contributed by atoms with E-state index < -0.39 is 0 Å². The summed E-state index contributed by atoms with van der Waals surface area (Å²) in [5.74, 6) is 0. The Morgan fingerprint density at radius 1 is 1.32 bits per heavy atom. The zero-order valence-corrected chi connectivity index (χ0v) is 13.4. The average Bonchev–Trinajstić information content (AvgIpc) is 2.39. The summed E-state index contributed by atoms with van der Waals surface area (Å²) < 4.78 is 1.07. The summed E-state index contributed by atoms with van der Waals surface area (Å²) in [5.41, 5.74) is 7.54. The van der Waals surface area contributed by atoms with Gasteiger partial charge in [0, 0.05) is 23.1 Å². The third kappa shape index (κ3) is 4.88. The molecule has 0 aliphatic rings. The largest absolute Gasteiger partial charge is 0.395 e. The topological polar surface area (TPSA) is 49.5 Å². The second kappa shape index (κ2) is 8.69. The summed E-state index contributed by atoms with van der Waals surface area (Å²) in [6.45, 7) is 6.05. The van der Waals surface area contributed by atoms with Crippen molar-refractivity contribution in [3.63, 3.8) is 0 Å². The van der Waals surface area contributed by atoms with Crippen LogP contribution >= 0.6 is 15.9 Å². The molecule has 3 nitrogen and oxygen atoms in total. The number of hydrogen-bond donors (Lipinski definition) is 2. The fraction of sp³-hybridized carbons (Fsp3) is 0.600. The van der Waals surface area contributed by atoms with Crippen molar-refractivity contribution in [2.45, 2.75) is 38.8 Å². The van der Waals surface area contributed by atoms with Crippen molar-refractivity contribution >= 4 is 15.9 Å². The van der Waals surface area contributed by atoms with Gasteiger partial charge in [0.1, 0.15) is 0 Å². The molecule has 0 aromatic heterocycles. The van der Waals surface area contributed by atoms with E-state index in [0.29, 0.717) is 6.54 Å². The molecule has 4 heteroatoms. The fourth-order valence-corrected chi connectivity index (χ4v) is 2.87. The summed E-state index contributed by atoms with van der Waals surface area (Å²) >= 11 is 3.52. The van der Waals surface area contributed by atoms with Crippen molar-refractivity contribution in [3.8, 4) is 0 Å². The van der Waals surface area contributed by atoms with Crippen LogP contribution in [0.15, 0.2) is 28.7 Å². The van der Waals surface area contributed by atoms with Crippen LogP contribution in [0.1, 0.15) is 38.3 Å². The van der Waals surface area contributed by atoms with E-state index in [1.54, 1.807) is 0 Å². The van der Waals surface area contributed by atoms with E-state index in [-0.39, 0.29) is 18.7 Å². The van der Waals surface area contributed by atoms with Crippen LogP contribution in [-0.2, 0) is 0 Å². The van der Waals surface area contributed by atoms with Gasteiger partial charge in [-0.05, 0) is 37.1 Å². The first-order chi connectivity index (χ1) is 9.13. The Morgan fingerprint density at radius 2 is 2.05 bits per heavy atom. The first-order valence-corrected chi connectivity index (χ1v) is 7.79. The molecular weight excluding hydrogens is 304 g/mol. The van der Waals surface area contributed by atoms with Crippen molar-refractivity contribution in [3.05, 3.63) is 34.3 Å². The van der Waals surface area contributed by atoms with E-state index in [2.05, 4.69) is 46.8 Å². The number of hydrogen-bond acceptors (Lipinski definition) is 3. The van der Waals surface area contributed by atoms with Gasteiger partial charge in [0.05, 0.1) is 6.61 Å². The minimum atomic E-state index is 0.0763. The standard InChI is InChI=1S/C15H25BrN2O/c1-3-8-18(9-10-19)15(14(17)4-2)12-6-5-7-13(16)11-12/h5-7,11,14-15,19H,3-4,8-10,17H2,1-2H3. The smallest absolute Gasteiger partial charge is 0.0558 e. The average molecular weight is 329 g/mol. The Morgan fingerprint density at radius 3 is 2.58 bits per heavy atom. The normalized spacial score (nSPS) is 14.6. The van der Waals surface area contributed by atoms with Gasteiger partial charge in [-0.15, -0.1) is 0 Å². The predicted octanol–water partition coefficient (Wildman–Crippen LogP) is 2.93. The molecule has 0 fully saturated rings. The monoisotopic (exact) mass is 328 g/mol. The van der Waals surface area contributed by atoms with Crippen molar-refractivity contribution in [2.24, 2.45) is 5.73 Å². The Labute approximate surface area is 124 Å². The van der Waals surface area contributed by atoms with Gasteiger partial charge in [-0.2, -0.15) is 0 Å². The van der Waals surface area contributed by atoms with Crippen LogP contribution in [0.4, 0.5) is 0 Å². The van der Waals surface area contributed by atoms with Gasteiger partial charge in [-0.25, -0.2) is 0 Å². The van der Waals surface area contributed by atoms with Crippen LogP contribution < -0.4 is 5.73 Å². The van der Waals surface area contributed by atoms with E-state index in [0.717, 1.165) is 23.9 Å². The van der Waals surface area contributed by atoms with Crippen LogP contribution in [0.25, 0.3) is 0 Å². The van der Waals surface area contributed by atoms with E-state index in [9.17, 15) is 5.11 Å². The molecule has 0 radical (unpaired) electrons. The SMILES string of the molecule is CCCN(CCO)C(c1cccc(Br)c1)C(N)CC. The molecule has 2 unspecified atom stereocenters. The van der Waals surface area contributed by atoms with Crippen LogP contribution in [-0.4, -0.2) is 35.7 Å². The van der Waals surface area contributed by atoms with Crippen molar-refractivity contribution in [1.29, 1.82) is 0 Å². The van der Waals surface area contributed by atoms with Gasteiger partial charge in [0.25, 0.3) is 0 Å². The second-order valence-electron chi connectivity index (χ2n) is 4.83. The Balaban J connectivity index is 3.04. The van der Waals surface area contributed by atoms with Crippen molar-refractivity contribution in [2.75, 3.05) is 19.7 Å². The summed E-state index contributed by atoms with van der Waals surface area (Å²) in [5, 5.41) is 9.28. The molecule has 3 N–H and O–H groups in total. The molecule has 0 heterocycles. The Hall–Kier alpha value is -0.420. The Kier molecular flexibility index (Phi) is 7.61. The molecule has 0 bridgehead atoms. The quantitative estimate of drug-likeness (QED) is 0.771. The maximum atomic E-state index is 9.28. The van der Waals surface area contributed by atoms with E-state index in [1.807, 2.05) is 12.1 Å². The van der Waals surface area contributed by atoms with Gasteiger partial charge in [0.2, 0.25) is 0 Å². The number of nitrogens with two attached hydrogens (primary N) is 1. The lowest BCUT2D eigenvalue weighted by Gasteiger charge is -2.35. The molecule has 1 aromatic rings. The molecule has 1 aromatic carbocycles. The molecule has 1 rings (SSSR count). The molecule has 0 saturated carbocycles. The van der Waals surface area contributed by atoms with Crippen molar-refractivity contribution in [1.82, 2.24) is 4.90 Å². The van der Waals surface area contributed by atoms with Crippen molar-refractivity contribution < 1.29 is 5.11 Å². The van der Waals surface area contributed by atoms with E-state index in [1.165, 1.54) is 5.56 Å². The number of aliphatic hydroxyl groups excluding tert-OH is 1. The summed E-state index contributed by atoms with van der Waals surface area (Å²) in [6.07, 6.45) is 1.98. The molecule has 108 valence electrons. The lowest BCUT2D eigenvalue weighted by molar-refractivity contribution is 0.132. The van der Waals surface area contributed by atoms with Gasteiger partial charge in [-0.3, -0.25) is 4.90 Å². The van der Waals surface area contributed by atoms with Crippen LogP contribution in [0.5, 0.6) is 0 Å². The minimum absolute atomic E-state index is 0.0763.